The first-order valence-corrected chi connectivity index (χ1v) is 9.20. The van der Waals surface area contributed by atoms with E-state index >= 15 is 0 Å². The van der Waals surface area contributed by atoms with Crippen molar-refractivity contribution in [3.8, 4) is 0 Å². The van der Waals surface area contributed by atoms with Crippen molar-refractivity contribution in [3.05, 3.63) is 36.0 Å². The summed E-state index contributed by atoms with van der Waals surface area (Å²) in [6, 6.07) is 6.21. The fourth-order valence-corrected chi connectivity index (χ4v) is 3.75. The molecule has 1 aliphatic rings. The molecule has 1 saturated heterocycles. The zero-order valence-electron chi connectivity index (χ0n) is 15.8. The highest BCUT2D eigenvalue weighted by molar-refractivity contribution is 5.94. The molecule has 3 rings (SSSR count). The first-order chi connectivity index (χ1) is 12.5. The molecule has 0 unspecified atom stereocenters. The minimum absolute atomic E-state index is 0.0123. The summed E-state index contributed by atoms with van der Waals surface area (Å²) >= 11 is 0. The van der Waals surface area contributed by atoms with Gasteiger partial charge in [0.2, 0.25) is 0 Å². The van der Waals surface area contributed by atoms with Gasteiger partial charge >= 0.3 is 6.18 Å². The van der Waals surface area contributed by atoms with Crippen molar-refractivity contribution in [2.24, 2.45) is 5.92 Å². The van der Waals surface area contributed by atoms with E-state index in [2.05, 4.69) is 22.1 Å². The van der Waals surface area contributed by atoms with Crippen molar-refractivity contribution >= 4 is 16.6 Å². The second-order valence-electron chi connectivity index (χ2n) is 8.17. The van der Waals surface area contributed by atoms with E-state index in [1.807, 2.05) is 0 Å². The monoisotopic (exact) mass is 381 g/mol. The van der Waals surface area contributed by atoms with Crippen LogP contribution < -0.4 is 10.2 Å². The van der Waals surface area contributed by atoms with Crippen LogP contribution in [0.5, 0.6) is 0 Å². The Morgan fingerprint density at radius 1 is 1.22 bits per heavy atom. The van der Waals surface area contributed by atoms with Gasteiger partial charge in [0.25, 0.3) is 0 Å². The van der Waals surface area contributed by atoms with Gasteiger partial charge in [0.1, 0.15) is 0 Å². The van der Waals surface area contributed by atoms with Gasteiger partial charge in [0.15, 0.2) is 0 Å². The summed E-state index contributed by atoms with van der Waals surface area (Å²) in [5.74, 6) is 0.382. The SMILES string of the molecule is C[C@H]1C[C@@H](NCC(C)(C)O)CN(c2ccc(C(F)(F)F)c3ncccc23)C1. The molecule has 148 valence electrons. The smallest absolute Gasteiger partial charge is 0.389 e. The van der Waals surface area contributed by atoms with Crippen LogP contribution in [0.4, 0.5) is 18.9 Å². The van der Waals surface area contributed by atoms with Crippen molar-refractivity contribution < 1.29 is 18.3 Å². The molecule has 7 heteroatoms. The van der Waals surface area contributed by atoms with E-state index in [1.54, 1.807) is 32.0 Å². The van der Waals surface area contributed by atoms with E-state index in [1.165, 1.54) is 6.20 Å². The predicted molar refractivity (Wildman–Crippen MR) is 101 cm³/mol. The normalized spacial score (nSPS) is 21.7. The maximum atomic E-state index is 13.3. The molecule has 2 atom stereocenters. The summed E-state index contributed by atoms with van der Waals surface area (Å²) in [6.45, 7) is 7.55. The first-order valence-electron chi connectivity index (χ1n) is 9.20. The Kier molecular flexibility index (Phi) is 5.36. The third kappa shape index (κ3) is 4.71. The van der Waals surface area contributed by atoms with Gasteiger partial charge in [0.05, 0.1) is 16.7 Å². The molecule has 4 nitrogen and oxygen atoms in total. The van der Waals surface area contributed by atoms with Crippen molar-refractivity contribution in [1.82, 2.24) is 10.3 Å². The molecule has 0 radical (unpaired) electrons. The summed E-state index contributed by atoms with van der Waals surface area (Å²) in [7, 11) is 0. The number of halogens is 3. The van der Waals surface area contributed by atoms with E-state index in [0.29, 0.717) is 24.4 Å². The molecule has 1 fully saturated rings. The van der Waals surface area contributed by atoms with E-state index in [-0.39, 0.29) is 11.6 Å². The summed E-state index contributed by atoms with van der Waals surface area (Å²) in [5.41, 5.74) is -0.755. The van der Waals surface area contributed by atoms with E-state index in [4.69, 9.17) is 0 Å². The fourth-order valence-electron chi connectivity index (χ4n) is 3.75. The lowest BCUT2D eigenvalue weighted by molar-refractivity contribution is -0.136. The number of piperidine rings is 1. The summed E-state index contributed by atoms with van der Waals surface area (Å²) < 4.78 is 40.0. The van der Waals surface area contributed by atoms with Crippen LogP contribution in [-0.2, 0) is 6.18 Å². The molecular formula is C20H26F3N3O. The molecule has 1 aromatic carbocycles. The van der Waals surface area contributed by atoms with Gasteiger partial charge in [-0.2, -0.15) is 13.2 Å². The Morgan fingerprint density at radius 3 is 2.63 bits per heavy atom. The van der Waals surface area contributed by atoms with Crippen LogP contribution in [0.3, 0.4) is 0 Å². The van der Waals surface area contributed by atoms with Gasteiger partial charge < -0.3 is 15.3 Å². The number of hydrogen-bond donors (Lipinski definition) is 2. The minimum Gasteiger partial charge on any atom is -0.389 e. The van der Waals surface area contributed by atoms with Crippen LogP contribution in [0, 0.1) is 5.92 Å². The molecule has 0 bridgehead atoms. The summed E-state index contributed by atoms with van der Waals surface area (Å²) in [6.07, 6.45) is -2.08. The molecule has 0 saturated carbocycles. The van der Waals surface area contributed by atoms with Crippen LogP contribution in [0.25, 0.3) is 10.9 Å². The van der Waals surface area contributed by atoms with Gasteiger partial charge in [-0.25, -0.2) is 0 Å². The van der Waals surface area contributed by atoms with Gasteiger partial charge in [-0.1, -0.05) is 6.92 Å². The maximum Gasteiger partial charge on any atom is 0.418 e. The minimum atomic E-state index is -4.43. The Morgan fingerprint density at radius 2 is 1.96 bits per heavy atom. The average Bonchev–Trinajstić information content (AvgIpc) is 2.57. The Bertz CT molecular complexity index is 801. The summed E-state index contributed by atoms with van der Waals surface area (Å²) in [4.78, 5) is 6.14. The molecule has 0 aliphatic carbocycles. The highest BCUT2D eigenvalue weighted by Crippen LogP contribution is 2.38. The maximum absolute atomic E-state index is 13.3. The van der Waals surface area contributed by atoms with Crippen LogP contribution in [0.1, 0.15) is 32.8 Å². The topological polar surface area (TPSA) is 48.4 Å². The van der Waals surface area contributed by atoms with Crippen molar-refractivity contribution in [2.45, 2.75) is 45.0 Å². The van der Waals surface area contributed by atoms with Gasteiger partial charge in [-0.3, -0.25) is 4.98 Å². The van der Waals surface area contributed by atoms with Crippen LogP contribution in [0.15, 0.2) is 30.5 Å². The van der Waals surface area contributed by atoms with E-state index < -0.39 is 17.3 Å². The third-order valence-electron chi connectivity index (χ3n) is 4.88. The molecule has 27 heavy (non-hydrogen) atoms. The second-order valence-corrected chi connectivity index (χ2v) is 8.17. The Balaban J connectivity index is 1.92. The molecule has 0 amide bonds. The predicted octanol–water partition coefficient (Wildman–Crippen LogP) is 3.83. The average molecular weight is 381 g/mol. The van der Waals surface area contributed by atoms with Gasteiger partial charge in [0, 0.05) is 42.9 Å². The van der Waals surface area contributed by atoms with Crippen LogP contribution in [-0.4, -0.2) is 41.4 Å². The number of nitrogens with one attached hydrogen (secondary N) is 1. The Labute approximate surface area is 157 Å². The number of nitrogens with zero attached hydrogens (tertiary/aromatic N) is 2. The molecule has 0 spiro atoms. The van der Waals surface area contributed by atoms with Crippen LogP contribution >= 0.6 is 0 Å². The van der Waals surface area contributed by atoms with Crippen molar-refractivity contribution in [3.63, 3.8) is 0 Å². The number of fused-ring (bicyclic) bond motifs is 1. The number of aromatic nitrogens is 1. The van der Waals surface area contributed by atoms with Crippen molar-refractivity contribution in [1.29, 1.82) is 0 Å². The number of anilines is 1. The number of hydrogen-bond acceptors (Lipinski definition) is 4. The molecule has 1 aliphatic heterocycles. The lowest BCUT2D eigenvalue weighted by Crippen LogP contribution is -2.51. The zero-order valence-corrected chi connectivity index (χ0v) is 15.8. The number of aliphatic hydroxyl groups is 1. The third-order valence-corrected chi connectivity index (χ3v) is 4.88. The van der Waals surface area contributed by atoms with Gasteiger partial charge in [-0.05, 0) is 50.5 Å². The molecule has 1 aromatic heterocycles. The molecule has 2 N–H and O–H groups in total. The first kappa shape index (κ1) is 19.9. The molecular weight excluding hydrogens is 355 g/mol. The summed E-state index contributed by atoms with van der Waals surface area (Å²) in [5, 5.41) is 13.9. The van der Waals surface area contributed by atoms with Crippen LogP contribution in [0.2, 0.25) is 0 Å². The van der Waals surface area contributed by atoms with E-state index in [0.717, 1.165) is 24.7 Å². The molecule has 2 aromatic rings. The quantitative estimate of drug-likeness (QED) is 0.845. The fraction of sp³-hybridized carbons (Fsp3) is 0.550. The largest absolute Gasteiger partial charge is 0.418 e. The van der Waals surface area contributed by atoms with Gasteiger partial charge in [-0.15, -0.1) is 0 Å². The standard InChI is InChI=1S/C20H26F3N3O/c1-13-9-14(25-12-19(2,3)27)11-26(10-13)17-7-6-16(20(21,22)23)18-15(17)5-4-8-24-18/h4-8,13-14,25,27H,9-12H2,1-3H3/t13-,14+/m0/s1. The highest BCUT2D eigenvalue weighted by Gasteiger charge is 2.34. The number of rotatable bonds is 4. The Hall–Kier alpha value is -1.86. The second kappa shape index (κ2) is 7.28. The number of pyridine rings is 1. The number of benzene rings is 1. The zero-order chi connectivity index (χ0) is 19.8. The lowest BCUT2D eigenvalue weighted by atomic mass is 9.94. The molecule has 2 heterocycles. The number of alkyl halides is 3. The van der Waals surface area contributed by atoms with E-state index in [9.17, 15) is 18.3 Å². The van der Waals surface area contributed by atoms with Crippen molar-refractivity contribution in [2.75, 3.05) is 24.5 Å². The highest BCUT2D eigenvalue weighted by atomic mass is 19.4. The lowest BCUT2D eigenvalue weighted by Gasteiger charge is -2.39.